The number of amides is 1. The van der Waals surface area contributed by atoms with Crippen molar-refractivity contribution in [1.29, 1.82) is 0 Å². The second kappa shape index (κ2) is 7.79. The normalized spacial score (nSPS) is 15.0. The van der Waals surface area contributed by atoms with Crippen molar-refractivity contribution in [3.05, 3.63) is 65.0 Å². The van der Waals surface area contributed by atoms with Gasteiger partial charge in [-0.3, -0.25) is 4.79 Å². The third kappa shape index (κ3) is 3.76. The number of carbonyl (C=O) groups excluding carboxylic acids is 1. The Morgan fingerprint density at radius 2 is 1.94 bits per heavy atom. The Balaban J connectivity index is 1.49. The van der Waals surface area contributed by atoms with Crippen LogP contribution in [0.5, 0.6) is 0 Å². The molecule has 1 aliphatic carbocycles. The highest BCUT2D eigenvalue weighted by Gasteiger charge is 2.27. The zero-order chi connectivity index (χ0) is 21.7. The van der Waals surface area contributed by atoms with Crippen LogP contribution in [-0.2, 0) is 6.42 Å². The summed E-state index contributed by atoms with van der Waals surface area (Å²) in [4.78, 5) is 22.7. The molecule has 0 bridgehead atoms. The van der Waals surface area contributed by atoms with E-state index in [1.54, 1.807) is 19.0 Å². The third-order valence-corrected chi connectivity index (χ3v) is 7.16. The van der Waals surface area contributed by atoms with Gasteiger partial charge in [0.2, 0.25) is 0 Å². The second-order valence-corrected chi connectivity index (χ2v) is 9.94. The maximum atomic E-state index is 12.8. The topological polar surface area (TPSA) is 51.9 Å². The molecular weight excluding hydrogens is 402 g/mol. The maximum absolute atomic E-state index is 12.8. The number of benzene rings is 2. The molecule has 2 heterocycles. The van der Waals surface area contributed by atoms with E-state index in [4.69, 9.17) is 0 Å². The Labute approximate surface area is 187 Å². The molecular formula is C26H29N3OS. The van der Waals surface area contributed by atoms with E-state index in [0.717, 1.165) is 22.9 Å². The average molecular weight is 432 g/mol. The highest BCUT2D eigenvalue weighted by atomic mass is 32.2. The molecule has 1 saturated carbocycles. The molecule has 31 heavy (non-hydrogen) atoms. The molecule has 1 fully saturated rings. The van der Waals surface area contributed by atoms with Crippen molar-refractivity contribution >= 4 is 39.5 Å². The molecule has 2 N–H and O–H groups in total. The standard InChI is InChI=1S/C26H29N3OS/c1-15(18-10-17-7-8-27-24(17)23(13-18)26(30)29(2)3)9-20-11-19-12-21(31-4)14-22(16-5-6-16)25(19)28-20/h7-8,10-16,27-28H,5-6,9H2,1-4H3. The van der Waals surface area contributed by atoms with Crippen LogP contribution in [0.25, 0.3) is 21.8 Å². The van der Waals surface area contributed by atoms with Crippen LogP contribution in [0.2, 0.25) is 0 Å². The van der Waals surface area contributed by atoms with Crippen LogP contribution < -0.4 is 0 Å². The van der Waals surface area contributed by atoms with E-state index >= 15 is 0 Å². The summed E-state index contributed by atoms with van der Waals surface area (Å²) in [5.74, 6) is 1.05. The molecule has 0 saturated heterocycles. The summed E-state index contributed by atoms with van der Waals surface area (Å²) in [5, 5.41) is 2.41. The number of aromatic amines is 2. The molecule has 0 spiro atoms. The summed E-state index contributed by atoms with van der Waals surface area (Å²) in [5.41, 5.74) is 6.91. The first-order valence-electron chi connectivity index (χ1n) is 11.0. The van der Waals surface area contributed by atoms with Crippen molar-refractivity contribution in [1.82, 2.24) is 14.9 Å². The number of hydrogen-bond donors (Lipinski definition) is 2. The van der Waals surface area contributed by atoms with E-state index < -0.39 is 0 Å². The van der Waals surface area contributed by atoms with Gasteiger partial charge in [-0.15, -0.1) is 11.8 Å². The number of thioether (sulfide) groups is 1. The highest BCUT2D eigenvalue weighted by molar-refractivity contribution is 7.98. The van der Waals surface area contributed by atoms with E-state index in [9.17, 15) is 4.79 Å². The number of fused-ring (bicyclic) bond motifs is 2. The minimum atomic E-state index is 0.0331. The number of nitrogens with zero attached hydrogens (tertiary/aromatic N) is 1. The third-order valence-electron chi connectivity index (χ3n) is 6.45. The Bertz CT molecular complexity index is 1280. The Morgan fingerprint density at radius 1 is 1.13 bits per heavy atom. The first kappa shape index (κ1) is 20.3. The van der Waals surface area contributed by atoms with Crippen LogP contribution in [0.15, 0.2) is 47.5 Å². The summed E-state index contributed by atoms with van der Waals surface area (Å²) in [7, 11) is 3.61. The van der Waals surface area contributed by atoms with Gasteiger partial charge in [0, 0.05) is 47.2 Å². The SMILES string of the molecule is CSc1cc(C2CC2)c2[nH]c(CC(C)c3cc(C(=O)N(C)C)c4[nH]ccc4c3)cc2c1. The van der Waals surface area contributed by atoms with Gasteiger partial charge >= 0.3 is 0 Å². The Kier molecular flexibility index (Phi) is 5.09. The van der Waals surface area contributed by atoms with Crippen LogP contribution in [0, 0.1) is 0 Å². The monoisotopic (exact) mass is 431 g/mol. The largest absolute Gasteiger partial charge is 0.361 e. The van der Waals surface area contributed by atoms with Crippen LogP contribution in [0.4, 0.5) is 0 Å². The minimum Gasteiger partial charge on any atom is -0.361 e. The lowest BCUT2D eigenvalue weighted by Gasteiger charge is -2.16. The van der Waals surface area contributed by atoms with E-state index in [-0.39, 0.29) is 5.91 Å². The van der Waals surface area contributed by atoms with Crippen molar-refractivity contribution in [3.8, 4) is 0 Å². The first-order valence-corrected chi connectivity index (χ1v) is 12.2. The molecule has 1 atom stereocenters. The van der Waals surface area contributed by atoms with Gasteiger partial charge in [0.25, 0.3) is 5.91 Å². The second-order valence-electron chi connectivity index (χ2n) is 9.06. The molecule has 5 rings (SSSR count). The smallest absolute Gasteiger partial charge is 0.255 e. The van der Waals surface area contributed by atoms with Crippen LogP contribution >= 0.6 is 11.8 Å². The summed E-state index contributed by atoms with van der Waals surface area (Å²) < 4.78 is 0. The van der Waals surface area contributed by atoms with Crippen molar-refractivity contribution in [2.45, 2.75) is 42.9 Å². The molecule has 160 valence electrons. The van der Waals surface area contributed by atoms with E-state index in [1.165, 1.54) is 45.5 Å². The summed E-state index contributed by atoms with van der Waals surface area (Å²) in [6.07, 6.45) is 7.58. The van der Waals surface area contributed by atoms with Gasteiger partial charge in [0.1, 0.15) is 0 Å². The fourth-order valence-corrected chi connectivity index (χ4v) is 5.07. The number of aromatic nitrogens is 2. The van der Waals surface area contributed by atoms with Gasteiger partial charge in [0.05, 0.1) is 11.1 Å². The van der Waals surface area contributed by atoms with Crippen molar-refractivity contribution in [2.24, 2.45) is 0 Å². The number of H-pyrrole nitrogens is 2. The van der Waals surface area contributed by atoms with Crippen LogP contribution in [0.1, 0.15) is 58.8 Å². The minimum absolute atomic E-state index is 0.0331. The Hall–Kier alpha value is -2.66. The number of nitrogens with one attached hydrogen (secondary N) is 2. The molecule has 5 heteroatoms. The van der Waals surface area contributed by atoms with Crippen molar-refractivity contribution < 1.29 is 4.79 Å². The number of carbonyl (C=O) groups is 1. The number of hydrogen-bond acceptors (Lipinski definition) is 2. The molecule has 0 radical (unpaired) electrons. The molecule has 1 unspecified atom stereocenters. The quantitative estimate of drug-likeness (QED) is 0.352. The predicted octanol–water partition coefficient (Wildman–Crippen LogP) is 6.30. The lowest BCUT2D eigenvalue weighted by Crippen LogP contribution is -2.22. The summed E-state index contributed by atoms with van der Waals surface area (Å²) in [6, 6.07) is 13.3. The van der Waals surface area contributed by atoms with Gasteiger partial charge < -0.3 is 14.9 Å². The predicted molar refractivity (Wildman–Crippen MR) is 130 cm³/mol. The molecule has 0 aliphatic heterocycles. The van der Waals surface area contributed by atoms with Crippen LogP contribution in [0.3, 0.4) is 0 Å². The highest BCUT2D eigenvalue weighted by Crippen LogP contribution is 2.44. The molecule has 4 aromatic rings. The molecule has 1 aliphatic rings. The summed E-state index contributed by atoms with van der Waals surface area (Å²) in [6.45, 7) is 2.25. The van der Waals surface area contributed by atoms with Crippen molar-refractivity contribution in [3.63, 3.8) is 0 Å². The molecule has 4 nitrogen and oxygen atoms in total. The van der Waals surface area contributed by atoms with Gasteiger partial charge in [-0.05, 0) is 84.9 Å². The average Bonchev–Trinajstić information content (AvgIpc) is 3.35. The fraction of sp³-hybridized carbons (Fsp3) is 0.346. The number of rotatable bonds is 6. The van der Waals surface area contributed by atoms with E-state index in [2.05, 4.69) is 53.5 Å². The van der Waals surface area contributed by atoms with Gasteiger partial charge in [0.15, 0.2) is 0 Å². The van der Waals surface area contributed by atoms with Crippen LogP contribution in [-0.4, -0.2) is 41.1 Å². The zero-order valence-electron chi connectivity index (χ0n) is 18.6. The maximum Gasteiger partial charge on any atom is 0.255 e. The van der Waals surface area contributed by atoms with Gasteiger partial charge in [-0.1, -0.05) is 6.92 Å². The molecule has 1 amide bonds. The first-order chi connectivity index (χ1) is 14.9. The lowest BCUT2D eigenvalue weighted by molar-refractivity contribution is 0.0829. The Morgan fingerprint density at radius 3 is 2.65 bits per heavy atom. The van der Waals surface area contributed by atoms with Gasteiger partial charge in [-0.2, -0.15) is 0 Å². The fourth-order valence-electron chi connectivity index (χ4n) is 4.58. The van der Waals surface area contributed by atoms with E-state index in [1.807, 2.05) is 24.0 Å². The van der Waals surface area contributed by atoms with Crippen molar-refractivity contribution in [2.75, 3.05) is 20.4 Å². The lowest BCUT2D eigenvalue weighted by atomic mass is 9.93. The zero-order valence-corrected chi connectivity index (χ0v) is 19.4. The van der Waals surface area contributed by atoms with Gasteiger partial charge in [-0.25, -0.2) is 0 Å². The molecule has 2 aromatic heterocycles. The molecule has 2 aromatic carbocycles. The van der Waals surface area contributed by atoms with E-state index in [0.29, 0.717) is 11.8 Å². The summed E-state index contributed by atoms with van der Waals surface area (Å²) >= 11 is 1.82.